The van der Waals surface area contributed by atoms with Crippen molar-refractivity contribution in [2.24, 2.45) is 11.8 Å². The van der Waals surface area contributed by atoms with Gasteiger partial charge in [0.2, 0.25) is 0 Å². The maximum Gasteiger partial charge on any atom is -0.0162 e. The molecule has 6 aromatic carbocycles. The summed E-state index contributed by atoms with van der Waals surface area (Å²) in [5.41, 5.74) is 11.8. The molecular formula is C62H80Cl2SiZr. The zero-order chi connectivity index (χ0) is 45.8. The van der Waals surface area contributed by atoms with E-state index in [1.54, 1.807) is 22.3 Å². The summed E-state index contributed by atoms with van der Waals surface area (Å²) in [5.74, 6) is 3.37. The quantitative estimate of drug-likeness (QED) is 0.0729. The molecule has 4 saturated carbocycles. The maximum atomic E-state index is 4.93. The maximum absolute atomic E-state index is 4.93. The molecule has 0 nitrogen and oxygen atoms in total. The second-order valence-corrected chi connectivity index (χ2v) is 25.5. The Morgan fingerprint density at radius 3 is 1.17 bits per heavy atom. The smallest absolute Gasteiger partial charge is 0.0162 e. The van der Waals surface area contributed by atoms with Gasteiger partial charge in [0.05, 0.1) is 0 Å². The van der Waals surface area contributed by atoms with E-state index >= 15 is 0 Å². The summed E-state index contributed by atoms with van der Waals surface area (Å²) in [5, 5.41) is 5.73. The van der Waals surface area contributed by atoms with Crippen molar-refractivity contribution in [2.45, 2.75) is 192 Å². The third-order valence-electron chi connectivity index (χ3n) is 15.7. The predicted molar refractivity (Wildman–Crippen MR) is 290 cm³/mol. The van der Waals surface area contributed by atoms with Gasteiger partial charge in [-0.1, -0.05) is 213 Å². The Morgan fingerprint density at radius 1 is 0.485 bits per heavy atom. The molecule has 0 amide bonds. The van der Waals surface area contributed by atoms with Crippen molar-refractivity contribution in [3.63, 3.8) is 0 Å². The van der Waals surface area contributed by atoms with Gasteiger partial charge in [0.15, 0.2) is 0 Å². The largest absolute Gasteiger partial charge is 0.164 e. The first-order valence-electron chi connectivity index (χ1n) is 26.7. The normalized spacial score (nSPS) is 17.9. The zero-order valence-corrected chi connectivity index (χ0v) is 45.8. The van der Waals surface area contributed by atoms with Crippen LogP contribution in [0.5, 0.6) is 0 Å². The van der Waals surface area contributed by atoms with Crippen LogP contribution in [0.2, 0.25) is 12.6 Å². The zero-order valence-electron chi connectivity index (χ0n) is 40.8. The van der Waals surface area contributed by atoms with Gasteiger partial charge in [-0.2, -0.15) is 12.1 Å². The van der Waals surface area contributed by atoms with Crippen LogP contribution in [0.3, 0.4) is 0 Å². The monoisotopic (exact) mass is 1010 g/mol. The molecule has 4 fully saturated rings. The Labute approximate surface area is 423 Å². The molecule has 0 atom stereocenters. The van der Waals surface area contributed by atoms with Crippen molar-refractivity contribution in [1.29, 1.82) is 0 Å². The molecule has 0 heterocycles. The van der Waals surface area contributed by atoms with E-state index in [0.717, 1.165) is 33.2 Å². The Kier molecular flexibility index (Phi) is 22.3. The minimum atomic E-state index is -0.826. The van der Waals surface area contributed by atoms with Gasteiger partial charge in [-0.15, -0.1) is 69.1 Å². The number of hydrogen-bond donors (Lipinski definition) is 0. The van der Waals surface area contributed by atoms with Crippen LogP contribution in [0.1, 0.15) is 189 Å². The second-order valence-electron chi connectivity index (χ2n) is 20.6. The van der Waals surface area contributed by atoms with Crippen molar-refractivity contribution in [3.8, 4) is 22.3 Å². The summed E-state index contributed by atoms with van der Waals surface area (Å²) >= 11 is -0.826. The molecule has 2 radical (unpaired) electrons. The summed E-state index contributed by atoms with van der Waals surface area (Å²) in [6, 6.07) is 44.1. The van der Waals surface area contributed by atoms with Crippen LogP contribution in [0.4, 0.5) is 0 Å². The van der Waals surface area contributed by atoms with Crippen molar-refractivity contribution in [1.82, 2.24) is 0 Å². The van der Waals surface area contributed by atoms with Crippen molar-refractivity contribution >= 4 is 48.1 Å². The average Bonchev–Trinajstić information content (AvgIpc) is 3.75. The molecule has 6 aromatic rings. The first-order valence-corrected chi connectivity index (χ1v) is 34.8. The summed E-state index contributed by atoms with van der Waals surface area (Å²) in [6.45, 7) is 4.46. The standard InChI is InChI=1S/2C29H35.C4H10Si.2ClH.Zr/c2*1-2-5-10-22(9-4-1)19-23-20-27-13-8-14-28(29(27)21-23)26-17-15-25(16-18-26)24-11-6-3-7-12-24;1-3-4-5-2;;;/h2*8,13-18,20-22,24H,1-7,9-12,19H2;3-4H2,1-2H3;2*1H;/q2*-1;;;;+4/p-2. The number of halogens is 2. The molecule has 350 valence electrons. The van der Waals surface area contributed by atoms with E-state index in [0.29, 0.717) is 0 Å². The Morgan fingerprint density at radius 2 is 0.833 bits per heavy atom. The van der Waals surface area contributed by atoms with E-state index in [9.17, 15) is 0 Å². The predicted octanol–water partition coefficient (Wildman–Crippen LogP) is 20.5. The number of hydrogen-bond acceptors (Lipinski definition) is 0. The van der Waals surface area contributed by atoms with Crippen LogP contribution in [0.25, 0.3) is 43.8 Å². The first kappa shape index (κ1) is 51.6. The molecule has 4 aliphatic rings. The van der Waals surface area contributed by atoms with Crippen LogP contribution in [-0.4, -0.2) is 9.52 Å². The van der Waals surface area contributed by atoms with Crippen molar-refractivity contribution in [2.75, 3.05) is 0 Å². The van der Waals surface area contributed by atoms with E-state index in [1.807, 2.05) is 0 Å². The third kappa shape index (κ3) is 15.4. The molecule has 66 heavy (non-hydrogen) atoms. The Balaban J connectivity index is 0.000000169. The summed E-state index contributed by atoms with van der Waals surface area (Å²) in [4.78, 5) is 0. The molecule has 0 spiro atoms. The summed E-state index contributed by atoms with van der Waals surface area (Å²) < 4.78 is 0. The molecule has 10 rings (SSSR count). The fourth-order valence-electron chi connectivity index (χ4n) is 12.1. The molecular weight excluding hydrogens is 935 g/mol. The fraction of sp³-hybridized carbons (Fsp3) is 0.516. The minimum absolute atomic E-state index is 0.790. The van der Waals surface area contributed by atoms with E-state index in [4.69, 9.17) is 17.0 Å². The minimum Gasteiger partial charge on any atom is -0.164 e. The van der Waals surface area contributed by atoms with E-state index in [2.05, 4.69) is 123 Å². The topological polar surface area (TPSA) is 0 Å². The van der Waals surface area contributed by atoms with Gasteiger partial charge < -0.3 is 0 Å². The van der Waals surface area contributed by atoms with Crippen molar-refractivity contribution < 1.29 is 20.8 Å². The average molecular weight is 1020 g/mol. The summed E-state index contributed by atoms with van der Waals surface area (Å²) in [7, 11) is 11.0. The molecule has 0 saturated heterocycles. The first-order chi connectivity index (χ1) is 32.6. The summed E-state index contributed by atoms with van der Waals surface area (Å²) in [6.07, 6.45) is 35.1. The molecule has 4 heteroatoms. The fourth-order valence-corrected chi connectivity index (χ4v) is 12.6. The van der Waals surface area contributed by atoms with Gasteiger partial charge in [-0.05, 0) is 84.5 Å². The van der Waals surface area contributed by atoms with E-state index < -0.39 is 20.8 Å². The third-order valence-corrected chi connectivity index (χ3v) is 16.7. The molecule has 4 aliphatic carbocycles. The van der Waals surface area contributed by atoms with E-state index in [-0.39, 0.29) is 0 Å². The van der Waals surface area contributed by atoms with Crippen molar-refractivity contribution in [3.05, 3.63) is 131 Å². The number of benzene rings is 4. The molecule has 0 unspecified atom stereocenters. The molecule has 0 aromatic heterocycles. The van der Waals surface area contributed by atoms with Gasteiger partial charge in [0, 0.05) is 9.52 Å². The molecule has 0 aliphatic heterocycles. The van der Waals surface area contributed by atoms with Crippen LogP contribution < -0.4 is 0 Å². The van der Waals surface area contributed by atoms with Crippen LogP contribution >= 0.6 is 17.0 Å². The SMILES string of the molecule is CCC[Si]C.[Cl][Zr+2][Cl].c1cc(-c2ccc(C3CCCCC3)cc2)c2cc(CC3CCCCCC3)[cH-]c2c1.c1cc(-c2ccc(C3CCCCC3)cc2)c2cc(CC3CCCCCC3)[cH-]c2c1. The van der Waals surface area contributed by atoms with Crippen LogP contribution in [0, 0.1) is 11.8 Å². The van der Waals surface area contributed by atoms with Gasteiger partial charge >= 0.3 is 37.9 Å². The Bertz CT molecular complexity index is 2080. The van der Waals surface area contributed by atoms with Gasteiger partial charge in [0.1, 0.15) is 0 Å². The number of rotatable bonds is 10. The molecule has 0 bridgehead atoms. The number of fused-ring (bicyclic) bond motifs is 2. The van der Waals surface area contributed by atoms with Gasteiger partial charge in [-0.25, -0.2) is 0 Å². The van der Waals surface area contributed by atoms with Gasteiger partial charge in [0.25, 0.3) is 0 Å². The van der Waals surface area contributed by atoms with Crippen LogP contribution in [-0.2, 0) is 33.7 Å². The van der Waals surface area contributed by atoms with E-state index in [1.165, 1.54) is 210 Å². The molecule has 0 N–H and O–H groups in total. The van der Waals surface area contributed by atoms with Crippen LogP contribution in [0.15, 0.2) is 109 Å². The Hall–Kier alpha value is -2.22. The second kappa shape index (κ2) is 28.4. The van der Waals surface area contributed by atoms with Gasteiger partial charge in [-0.3, -0.25) is 0 Å².